The molecule has 0 radical (unpaired) electrons. The summed E-state index contributed by atoms with van der Waals surface area (Å²) < 4.78 is 1.96. The van der Waals surface area contributed by atoms with Crippen molar-refractivity contribution in [2.45, 2.75) is 32.9 Å². The first-order chi connectivity index (χ1) is 8.19. The molecular formula is C12H21N5. The van der Waals surface area contributed by atoms with Crippen LogP contribution in [0.25, 0.3) is 0 Å². The zero-order valence-electron chi connectivity index (χ0n) is 10.4. The Morgan fingerprint density at radius 1 is 1.53 bits per heavy atom. The number of nitrogens with one attached hydrogen (secondary N) is 1. The summed E-state index contributed by atoms with van der Waals surface area (Å²) in [6.45, 7) is 6.04. The molecule has 0 atom stereocenters. The van der Waals surface area contributed by atoms with Crippen LogP contribution in [0.5, 0.6) is 0 Å². The van der Waals surface area contributed by atoms with Crippen molar-refractivity contribution in [1.82, 2.24) is 14.7 Å². The molecule has 0 spiro atoms. The number of likely N-dealkylation sites (tertiary alicyclic amines) is 1. The molecule has 0 aliphatic carbocycles. The first kappa shape index (κ1) is 12.1. The fraction of sp³-hybridized carbons (Fsp3) is 0.667. The summed E-state index contributed by atoms with van der Waals surface area (Å²) in [6, 6.07) is 0. The maximum absolute atomic E-state index is 7.45. The molecule has 2 heterocycles. The van der Waals surface area contributed by atoms with Gasteiger partial charge in [-0.1, -0.05) is 0 Å². The maximum Gasteiger partial charge on any atom is 0.0937 e. The van der Waals surface area contributed by atoms with Gasteiger partial charge in [0.15, 0.2) is 0 Å². The minimum absolute atomic E-state index is 0.296. The van der Waals surface area contributed by atoms with E-state index in [1.807, 2.05) is 10.9 Å². The van der Waals surface area contributed by atoms with Crippen molar-refractivity contribution in [3.05, 3.63) is 18.0 Å². The zero-order valence-corrected chi connectivity index (χ0v) is 10.4. The molecule has 94 valence electrons. The summed E-state index contributed by atoms with van der Waals surface area (Å²) in [5.41, 5.74) is 6.81. The highest BCUT2D eigenvalue weighted by atomic mass is 15.3. The van der Waals surface area contributed by atoms with Gasteiger partial charge in [-0.2, -0.15) is 5.10 Å². The van der Waals surface area contributed by atoms with E-state index in [1.54, 1.807) is 0 Å². The Kier molecular flexibility index (Phi) is 3.78. The average molecular weight is 235 g/mol. The first-order valence-electron chi connectivity index (χ1n) is 6.26. The largest absolute Gasteiger partial charge is 0.387 e. The maximum atomic E-state index is 7.45. The summed E-state index contributed by atoms with van der Waals surface area (Å²) in [5.74, 6) is 0.646. The molecule has 5 nitrogen and oxygen atoms in total. The molecule has 0 saturated carbocycles. The van der Waals surface area contributed by atoms with Gasteiger partial charge in [-0.3, -0.25) is 15.0 Å². The molecule has 5 heteroatoms. The fourth-order valence-electron chi connectivity index (χ4n) is 2.32. The van der Waals surface area contributed by atoms with Crippen LogP contribution in [0.2, 0.25) is 0 Å². The predicted octanol–water partition coefficient (Wildman–Crippen LogP) is 1.05. The highest BCUT2D eigenvalue weighted by Gasteiger charge is 2.21. The molecule has 1 aliphatic rings. The molecule has 0 bridgehead atoms. The molecular weight excluding hydrogens is 214 g/mol. The van der Waals surface area contributed by atoms with Crippen molar-refractivity contribution in [3.8, 4) is 0 Å². The Morgan fingerprint density at radius 3 is 2.76 bits per heavy atom. The van der Waals surface area contributed by atoms with Crippen LogP contribution in [0, 0.1) is 11.3 Å². The minimum atomic E-state index is 0.296. The first-order valence-corrected chi connectivity index (χ1v) is 6.26. The number of amidine groups is 1. The number of rotatable bonds is 4. The highest BCUT2D eigenvalue weighted by Crippen LogP contribution is 2.18. The smallest absolute Gasteiger partial charge is 0.0937 e. The number of aromatic nitrogens is 2. The summed E-state index contributed by atoms with van der Waals surface area (Å²) in [6.07, 6.45) is 6.08. The molecule has 17 heavy (non-hydrogen) atoms. The van der Waals surface area contributed by atoms with Gasteiger partial charge in [0.25, 0.3) is 0 Å². The Morgan fingerprint density at radius 2 is 2.24 bits per heavy atom. The number of hydrogen-bond donors (Lipinski definition) is 2. The third-order valence-corrected chi connectivity index (χ3v) is 3.44. The van der Waals surface area contributed by atoms with Crippen molar-refractivity contribution < 1.29 is 0 Å². The van der Waals surface area contributed by atoms with Gasteiger partial charge < -0.3 is 5.73 Å². The number of piperidine rings is 1. The van der Waals surface area contributed by atoms with E-state index in [4.69, 9.17) is 11.1 Å². The van der Waals surface area contributed by atoms with E-state index in [9.17, 15) is 0 Å². The average Bonchev–Trinajstić information content (AvgIpc) is 2.77. The molecule has 1 saturated heterocycles. The van der Waals surface area contributed by atoms with Gasteiger partial charge in [0.1, 0.15) is 0 Å². The summed E-state index contributed by atoms with van der Waals surface area (Å²) in [7, 11) is 0. The van der Waals surface area contributed by atoms with Gasteiger partial charge in [0.2, 0.25) is 0 Å². The standard InChI is InChI=1S/C12H21N5/c1-2-17-9-10(7-15-17)8-16-5-3-11(4-6-16)12(13)14/h7,9,11H,2-6,8H2,1H3,(H3,13,14). The van der Waals surface area contributed by atoms with Crippen LogP contribution in [0.4, 0.5) is 0 Å². The van der Waals surface area contributed by atoms with Crippen LogP contribution >= 0.6 is 0 Å². The number of nitrogens with zero attached hydrogens (tertiary/aromatic N) is 3. The lowest BCUT2D eigenvalue weighted by molar-refractivity contribution is 0.201. The Bertz CT molecular complexity index is 376. The van der Waals surface area contributed by atoms with Crippen LogP contribution in [-0.2, 0) is 13.1 Å². The van der Waals surface area contributed by atoms with E-state index in [0.717, 1.165) is 39.0 Å². The number of nitrogens with two attached hydrogens (primary N) is 1. The molecule has 1 aliphatic heterocycles. The lowest BCUT2D eigenvalue weighted by atomic mass is 9.96. The lowest BCUT2D eigenvalue weighted by Gasteiger charge is -2.30. The van der Waals surface area contributed by atoms with Gasteiger partial charge >= 0.3 is 0 Å². The zero-order chi connectivity index (χ0) is 12.3. The van der Waals surface area contributed by atoms with Gasteiger partial charge in [0, 0.05) is 30.8 Å². The second-order valence-corrected chi connectivity index (χ2v) is 4.71. The van der Waals surface area contributed by atoms with Gasteiger partial charge in [-0.05, 0) is 32.9 Å². The molecule has 1 fully saturated rings. The Hall–Kier alpha value is -1.36. The van der Waals surface area contributed by atoms with Gasteiger partial charge in [-0.15, -0.1) is 0 Å². The van der Waals surface area contributed by atoms with E-state index in [0.29, 0.717) is 11.8 Å². The molecule has 0 unspecified atom stereocenters. The van der Waals surface area contributed by atoms with Crippen molar-refractivity contribution in [2.75, 3.05) is 13.1 Å². The van der Waals surface area contributed by atoms with E-state index in [-0.39, 0.29) is 0 Å². The van der Waals surface area contributed by atoms with Crippen LogP contribution in [-0.4, -0.2) is 33.6 Å². The molecule has 3 N–H and O–H groups in total. The minimum Gasteiger partial charge on any atom is -0.387 e. The lowest BCUT2D eigenvalue weighted by Crippen LogP contribution is -2.37. The molecule has 0 aromatic carbocycles. The molecule has 1 aromatic rings. The van der Waals surface area contributed by atoms with E-state index in [2.05, 4.69) is 23.1 Å². The van der Waals surface area contributed by atoms with E-state index < -0.39 is 0 Å². The molecule has 1 aromatic heterocycles. The predicted molar refractivity (Wildman–Crippen MR) is 67.8 cm³/mol. The van der Waals surface area contributed by atoms with Crippen LogP contribution in [0.1, 0.15) is 25.3 Å². The summed E-state index contributed by atoms with van der Waals surface area (Å²) in [5, 5.41) is 11.7. The normalized spacial score (nSPS) is 18.4. The van der Waals surface area contributed by atoms with Crippen LogP contribution in [0.3, 0.4) is 0 Å². The van der Waals surface area contributed by atoms with E-state index in [1.165, 1.54) is 5.56 Å². The van der Waals surface area contributed by atoms with Crippen molar-refractivity contribution in [1.29, 1.82) is 5.41 Å². The Balaban J connectivity index is 1.83. The number of hydrogen-bond acceptors (Lipinski definition) is 3. The second-order valence-electron chi connectivity index (χ2n) is 4.71. The SMILES string of the molecule is CCn1cc(CN2CCC(C(=N)N)CC2)cn1. The van der Waals surface area contributed by atoms with Gasteiger partial charge in [0.05, 0.1) is 12.0 Å². The monoisotopic (exact) mass is 235 g/mol. The van der Waals surface area contributed by atoms with Crippen molar-refractivity contribution in [2.24, 2.45) is 11.7 Å². The second kappa shape index (κ2) is 5.31. The number of aryl methyl sites for hydroxylation is 1. The van der Waals surface area contributed by atoms with Gasteiger partial charge in [-0.25, -0.2) is 0 Å². The molecule has 0 amide bonds. The fourth-order valence-corrected chi connectivity index (χ4v) is 2.32. The van der Waals surface area contributed by atoms with Crippen molar-refractivity contribution >= 4 is 5.84 Å². The summed E-state index contributed by atoms with van der Waals surface area (Å²) in [4.78, 5) is 2.41. The quantitative estimate of drug-likeness (QED) is 0.605. The van der Waals surface area contributed by atoms with Crippen molar-refractivity contribution in [3.63, 3.8) is 0 Å². The third-order valence-electron chi connectivity index (χ3n) is 3.44. The third kappa shape index (κ3) is 3.06. The summed E-state index contributed by atoms with van der Waals surface area (Å²) >= 11 is 0. The topological polar surface area (TPSA) is 70.9 Å². The molecule has 2 rings (SSSR count). The van der Waals surface area contributed by atoms with Crippen LogP contribution < -0.4 is 5.73 Å². The van der Waals surface area contributed by atoms with Crippen LogP contribution in [0.15, 0.2) is 12.4 Å². The highest BCUT2D eigenvalue weighted by molar-refractivity contribution is 5.79. The Labute approximate surface area is 102 Å². The van der Waals surface area contributed by atoms with E-state index >= 15 is 0 Å².